The van der Waals surface area contributed by atoms with Gasteiger partial charge in [0.15, 0.2) is 0 Å². The molecule has 0 aliphatic rings. The van der Waals surface area contributed by atoms with Gasteiger partial charge in [0.25, 0.3) is 0 Å². The highest BCUT2D eigenvalue weighted by molar-refractivity contribution is 5.65. The molecule has 1 aromatic heterocycles. The van der Waals surface area contributed by atoms with Gasteiger partial charge < -0.3 is 4.90 Å². The van der Waals surface area contributed by atoms with Gasteiger partial charge in [0.05, 0.1) is 6.20 Å². The highest BCUT2D eigenvalue weighted by Crippen LogP contribution is 2.23. The Morgan fingerprint density at radius 3 is 2.29 bits per heavy atom. The van der Waals surface area contributed by atoms with E-state index >= 15 is 0 Å². The molecular formula is C18H19N3. The minimum atomic E-state index is 0.910. The largest absolute Gasteiger partial charge is 0.370 e. The van der Waals surface area contributed by atoms with E-state index < -0.39 is 0 Å². The molecule has 0 N–H and O–H groups in total. The Labute approximate surface area is 125 Å². The summed E-state index contributed by atoms with van der Waals surface area (Å²) in [5, 5.41) is 4.21. The highest BCUT2D eigenvalue weighted by atomic mass is 15.2. The Bertz CT molecular complexity index is 699. The molecule has 0 fully saturated rings. The zero-order valence-corrected chi connectivity index (χ0v) is 12.4. The molecule has 0 amide bonds. The number of nitrogens with zero attached hydrogens (tertiary/aromatic N) is 3. The Morgan fingerprint density at radius 2 is 1.67 bits per heavy atom. The van der Waals surface area contributed by atoms with Crippen LogP contribution in [0.3, 0.4) is 0 Å². The summed E-state index contributed by atoms with van der Waals surface area (Å²) in [6.45, 7) is 0.910. The molecule has 0 bridgehead atoms. The first-order valence-corrected chi connectivity index (χ1v) is 7.06. The summed E-state index contributed by atoms with van der Waals surface area (Å²) in [5.41, 5.74) is 4.87. The van der Waals surface area contributed by atoms with Crippen molar-refractivity contribution in [2.45, 2.75) is 6.54 Å². The van der Waals surface area contributed by atoms with E-state index in [0.717, 1.165) is 12.1 Å². The van der Waals surface area contributed by atoms with Crippen molar-refractivity contribution in [2.24, 2.45) is 7.05 Å². The maximum Gasteiger partial charge on any atom is 0.0568 e. The van der Waals surface area contributed by atoms with E-state index in [1.165, 1.54) is 16.8 Å². The highest BCUT2D eigenvalue weighted by Gasteiger charge is 2.04. The van der Waals surface area contributed by atoms with Gasteiger partial charge in [-0.3, -0.25) is 4.68 Å². The monoisotopic (exact) mass is 277 g/mol. The molecule has 0 aliphatic heterocycles. The third-order valence-electron chi connectivity index (χ3n) is 3.61. The SMILES string of the molecule is CN(Cc1ccccc1)c1ccc(-c2cnn(C)c2)cc1. The predicted octanol–water partition coefficient (Wildman–Crippen LogP) is 3.72. The molecule has 1 heterocycles. The van der Waals surface area contributed by atoms with Crippen LogP contribution >= 0.6 is 0 Å². The lowest BCUT2D eigenvalue weighted by molar-refractivity contribution is 0.768. The van der Waals surface area contributed by atoms with Crippen LogP contribution in [0.4, 0.5) is 5.69 Å². The van der Waals surface area contributed by atoms with Gasteiger partial charge in [0.2, 0.25) is 0 Å². The van der Waals surface area contributed by atoms with Gasteiger partial charge in [-0.1, -0.05) is 42.5 Å². The Kier molecular flexibility index (Phi) is 3.73. The van der Waals surface area contributed by atoms with Crippen molar-refractivity contribution in [3.8, 4) is 11.1 Å². The number of aromatic nitrogens is 2. The molecule has 0 spiro atoms. The average molecular weight is 277 g/mol. The number of rotatable bonds is 4. The second-order valence-electron chi connectivity index (χ2n) is 5.29. The number of anilines is 1. The molecule has 0 saturated carbocycles. The lowest BCUT2D eigenvalue weighted by atomic mass is 10.1. The molecule has 3 rings (SSSR count). The second-order valence-corrected chi connectivity index (χ2v) is 5.29. The van der Waals surface area contributed by atoms with E-state index in [2.05, 4.69) is 65.6 Å². The normalized spacial score (nSPS) is 10.6. The lowest BCUT2D eigenvalue weighted by Gasteiger charge is -2.19. The molecule has 0 unspecified atom stereocenters. The summed E-state index contributed by atoms with van der Waals surface area (Å²) >= 11 is 0. The first-order chi connectivity index (χ1) is 10.2. The fourth-order valence-corrected chi connectivity index (χ4v) is 2.43. The summed E-state index contributed by atoms with van der Waals surface area (Å²) in [5.74, 6) is 0. The summed E-state index contributed by atoms with van der Waals surface area (Å²) in [4.78, 5) is 2.25. The third-order valence-corrected chi connectivity index (χ3v) is 3.61. The maximum absolute atomic E-state index is 4.21. The fourth-order valence-electron chi connectivity index (χ4n) is 2.43. The average Bonchev–Trinajstić information content (AvgIpc) is 2.95. The lowest BCUT2D eigenvalue weighted by Crippen LogP contribution is -2.15. The van der Waals surface area contributed by atoms with Crippen molar-refractivity contribution < 1.29 is 0 Å². The molecule has 3 aromatic rings. The van der Waals surface area contributed by atoms with Crippen LogP contribution < -0.4 is 4.90 Å². The summed E-state index contributed by atoms with van der Waals surface area (Å²) in [6, 6.07) is 19.1. The number of hydrogen-bond donors (Lipinski definition) is 0. The van der Waals surface area contributed by atoms with Crippen LogP contribution in [0.25, 0.3) is 11.1 Å². The van der Waals surface area contributed by atoms with E-state index in [-0.39, 0.29) is 0 Å². The molecule has 21 heavy (non-hydrogen) atoms. The van der Waals surface area contributed by atoms with E-state index in [1.807, 2.05) is 30.2 Å². The van der Waals surface area contributed by atoms with Crippen molar-refractivity contribution >= 4 is 5.69 Å². The Morgan fingerprint density at radius 1 is 0.952 bits per heavy atom. The smallest absolute Gasteiger partial charge is 0.0568 e. The zero-order valence-electron chi connectivity index (χ0n) is 12.4. The van der Waals surface area contributed by atoms with Gasteiger partial charge >= 0.3 is 0 Å². The van der Waals surface area contributed by atoms with Gasteiger partial charge in [-0.05, 0) is 23.3 Å². The van der Waals surface area contributed by atoms with Gasteiger partial charge in [-0.15, -0.1) is 0 Å². The van der Waals surface area contributed by atoms with Crippen molar-refractivity contribution in [1.82, 2.24) is 9.78 Å². The number of benzene rings is 2. The molecule has 3 nitrogen and oxygen atoms in total. The van der Waals surface area contributed by atoms with Crippen LogP contribution in [0.5, 0.6) is 0 Å². The van der Waals surface area contributed by atoms with Gasteiger partial charge in [0.1, 0.15) is 0 Å². The minimum absolute atomic E-state index is 0.910. The number of hydrogen-bond acceptors (Lipinski definition) is 2. The van der Waals surface area contributed by atoms with Crippen LogP contribution in [0.1, 0.15) is 5.56 Å². The standard InChI is InChI=1S/C18H19N3/c1-20(13-15-6-4-3-5-7-15)18-10-8-16(9-11-18)17-12-19-21(2)14-17/h3-12,14H,13H2,1-2H3. The molecule has 3 heteroatoms. The molecule has 106 valence electrons. The van der Waals surface area contributed by atoms with Crippen LogP contribution in [0.15, 0.2) is 67.0 Å². The van der Waals surface area contributed by atoms with Crippen molar-refractivity contribution in [2.75, 3.05) is 11.9 Å². The fraction of sp³-hybridized carbons (Fsp3) is 0.167. The van der Waals surface area contributed by atoms with Crippen molar-refractivity contribution in [3.63, 3.8) is 0 Å². The van der Waals surface area contributed by atoms with Gasteiger partial charge in [-0.2, -0.15) is 5.10 Å². The quantitative estimate of drug-likeness (QED) is 0.724. The molecule has 0 radical (unpaired) electrons. The first-order valence-electron chi connectivity index (χ1n) is 7.06. The Hall–Kier alpha value is -2.55. The molecule has 0 atom stereocenters. The van der Waals surface area contributed by atoms with Crippen LogP contribution in [-0.4, -0.2) is 16.8 Å². The molecular weight excluding hydrogens is 258 g/mol. The van der Waals surface area contributed by atoms with E-state index in [0.29, 0.717) is 0 Å². The van der Waals surface area contributed by atoms with Crippen LogP contribution in [0, 0.1) is 0 Å². The second kappa shape index (κ2) is 5.83. The zero-order chi connectivity index (χ0) is 14.7. The van der Waals surface area contributed by atoms with Crippen molar-refractivity contribution in [1.29, 1.82) is 0 Å². The predicted molar refractivity (Wildman–Crippen MR) is 87.2 cm³/mol. The number of aryl methyl sites for hydroxylation is 1. The molecule has 2 aromatic carbocycles. The van der Waals surface area contributed by atoms with E-state index in [9.17, 15) is 0 Å². The maximum atomic E-state index is 4.21. The summed E-state index contributed by atoms with van der Waals surface area (Å²) in [7, 11) is 4.05. The summed E-state index contributed by atoms with van der Waals surface area (Å²) in [6.07, 6.45) is 3.92. The Balaban J connectivity index is 1.74. The topological polar surface area (TPSA) is 21.1 Å². The third kappa shape index (κ3) is 3.14. The molecule has 0 aliphatic carbocycles. The van der Waals surface area contributed by atoms with E-state index in [4.69, 9.17) is 0 Å². The van der Waals surface area contributed by atoms with Gasteiger partial charge in [-0.25, -0.2) is 0 Å². The van der Waals surface area contributed by atoms with Gasteiger partial charge in [0, 0.05) is 38.1 Å². The first kappa shape index (κ1) is 13.4. The van der Waals surface area contributed by atoms with Crippen LogP contribution in [0.2, 0.25) is 0 Å². The van der Waals surface area contributed by atoms with E-state index in [1.54, 1.807) is 0 Å². The van der Waals surface area contributed by atoms with Crippen LogP contribution in [-0.2, 0) is 13.6 Å². The molecule has 0 saturated heterocycles. The minimum Gasteiger partial charge on any atom is -0.370 e. The van der Waals surface area contributed by atoms with Crippen molar-refractivity contribution in [3.05, 3.63) is 72.6 Å². The summed E-state index contributed by atoms with van der Waals surface area (Å²) < 4.78 is 1.82.